The maximum absolute atomic E-state index is 12.8. The van der Waals surface area contributed by atoms with E-state index in [-0.39, 0.29) is 11.5 Å². The summed E-state index contributed by atoms with van der Waals surface area (Å²) >= 11 is 1.48. The van der Waals surface area contributed by atoms with Crippen LogP contribution in [0.15, 0.2) is 23.7 Å². The van der Waals surface area contributed by atoms with Crippen LogP contribution >= 0.6 is 11.3 Å². The molecule has 0 unspecified atom stereocenters. The molecule has 4 nitrogen and oxygen atoms in total. The minimum absolute atomic E-state index is 0.255. The lowest BCUT2D eigenvalue weighted by Gasteiger charge is -2.02. The van der Waals surface area contributed by atoms with Gasteiger partial charge in [0.05, 0.1) is 6.54 Å². The highest BCUT2D eigenvalue weighted by Gasteiger charge is 2.07. The predicted molar refractivity (Wildman–Crippen MR) is 62.2 cm³/mol. The largest absolute Gasteiger partial charge is 0.346 e. The Hall–Kier alpha value is -1.82. The second-order valence-corrected chi connectivity index (χ2v) is 4.38. The first kappa shape index (κ1) is 11.7. The lowest BCUT2D eigenvalue weighted by atomic mass is 10.2. The zero-order chi connectivity index (χ0) is 12.3. The van der Waals surface area contributed by atoms with Crippen molar-refractivity contribution in [2.24, 2.45) is 0 Å². The first-order chi connectivity index (χ1) is 8.15. The Bertz CT molecular complexity index is 541. The van der Waals surface area contributed by atoms with Crippen LogP contribution in [-0.4, -0.2) is 15.9 Å². The van der Waals surface area contributed by atoms with Gasteiger partial charge in [0.15, 0.2) is 0 Å². The van der Waals surface area contributed by atoms with E-state index in [1.54, 1.807) is 0 Å². The van der Waals surface area contributed by atoms with E-state index < -0.39 is 5.95 Å². The third kappa shape index (κ3) is 3.07. The average molecular weight is 251 g/mol. The average Bonchev–Trinajstić information content (AvgIpc) is 2.72. The molecule has 2 rings (SSSR count). The van der Waals surface area contributed by atoms with Crippen LogP contribution in [0.3, 0.4) is 0 Å². The monoisotopic (exact) mass is 251 g/mol. The number of nitrogens with one attached hydrogen (secondary N) is 1. The topological polar surface area (TPSA) is 54.9 Å². The third-order valence-electron chi connectivity index (χ3n) is 2.06. The van der Waals surface area contributed by atoms with Gasteiger partial charge in [-0.25, -0.2) is 9.97 Å². The molecule has 2 aromatic heterocycles. The van der Waals surface area contributed by atoms with Gasteiger partial charge in [-0.3, -0.25) is 4.79 Å². The van der Waals surface area contributed by atoms with Crippen LogP contribution in [0, 0.1) is 12.9 Å². The fourth-order valence-electron chi connectivity index (χ4n) is 1.29. The van der Waals surface area contributed by atoms with Crippen molar-refractivity contribution in [3.05, 3.63) is 45.9 Å². The van der Waals surface area contributed by atoms with E-state index in [9.17, 15) is 9.18 Å². The summed E-state index contributed by atoms with van der Waals surface area (Å²) in [6, 6.07) is 2.56. The van der Waals surface area contributed by atoms with Gasteiger partial charge in [-0.15, -0.1) is 11.3 Å². The number of aryl methyl sites for hydroxylation is 1. The number of carbonyl (C=O) groups excluding carboxylic acids is 1. The Morgan fingerprint density at radius 3 is 3.06 bits per heavy atom. The van der Waals surface area contributed by atoms with Crippen LogP contribution in [-0.2, 0) is 6.54 Å². The highest BCUT2D eigenvalue weighted by Crippen LogP contribution is 2.08. The van der Waals surface area contributed by atoms with Crippen LogP contribution in [0.2, 0.25) is 0 Å². The van der Waals surface area contributed by atoms with E-state index in [0.717, 1.165) is 16.8 Å². The zero-order valence-corrected chi connectivity index (χ0v) is 9.92. The van der Waals surface area contributed by atoms with Crippen LogP contribution in [0.5, 0.6) is 0 Å². The Morgan fingerprint density at radius 2 is 2.41 bits per heavy atom. The Labute approximate surface area is 102 Å². The maximum Gasteiger partial charge on any atom is 0.251 e. The van der Waals surface area contributed by atoms with Crippen LogP contribution in [0.1, 0.15) is 21.1 Å². The second-order valence-electron chi connectivity index (χ2n) is 3.43. The number of hydrogen-bond donors (Lipinski definition) is 1. The first-order valence-corrected chi connectivity index (χ1v) is 5.84. The molecule has 0 radical (unpaired) electrons. The van der Waals surface area contributed by atoms with Crippen molar-refractivity contribution >= 4 is 17.2 Å². The van der Waals surface area contributed by atoms with Gasteiger partial charge in [0.2, 0.25) is 5.95 Å². The van der Waals surface area contributed by atoms with Gasteiger partial charge in [-0.1, -0.05) is 0 Å². The van der Waals surface area contributed by atoms with Crippen molar-refractivity contribution < 1.29 is 9.18 Å². The molecule has 0 aliphatic heterocycles. The van der Waals surface area contributed by atoms with Crippen molar-refractivity contribution in [3.8, 4) is 0 Å². The van der Waals surface area contributed by atoms with Crippen molar-refractivity contribution in [2.75, 3.05) is 0 Å². The van der Waals surface area contributed by atoms with Gasteiger partial charge < -0.3 is 5.32 Å². The number of halogens is 1. The number of thiazole rings is 1. The van der Waals surface area contributed by atoms with Gasteiger partial charge >= 0.3 is 0 Å². The number of amides is 1. The standard InChI is InChI=1S/C11H10FN3OS/c1-7-6-17-10(15-7)5-14-11(16)8-2-3-13-9(12)4-8/h2-4,6H,5H2,1H3,(H,14,16). The Morgan fingerprint density at radius 1 is 1.59 bits per heavy atom. The van der Waals surface area contributed by atoms with E-state index >= 15 is 0 Å². The normalized spacial score (nSPS) is 10.2. The molecular formula is C11H10FN3OS. The molecule has 88 valence electrons. The van der Waals surface area contributed by atoms with Gasteiger partial charge in [-0.2, -0.15) is 4.39 Å². The third-order valence-corrected chi connectivity index (χ3v) is 3.02. The molecule has 0 aromatic carbocycles. The van der Waals surface area contributed by atoms with Gasteiger partial charge in [0, 0.05) is 28.9 Å². The molecule has 0 atom stereocenters. The molecule has 0 spiro atoms. The Kier molecular flexibility index (Phi) is 3.43. The van der Waals surface area contributed by atoms with Crippen LogP contribution < -0.4 is 5.32 Å². The summed E-state index contributed by atoms with van der Waals surface area (Å²) in [6.07, 6.45) is 1.26. The highest BCUT2D eigenvalue weighted by molar-refractivity contribution is 7.09. The van der Waals surface area contributed by atoms with Crippen molar-refractivity contribution in [2.45, 2.75) is 13.5 Å². The fourth-order valence-corrected chi connectivity index (χ4v) is 2.00. The summed E-state index contributed by atoms with van der Waals surface area (Å²) in [5.41, 5.74) is 1.18. The summed E-state index contributed by atoms with van der Waals surface area (Å²) in [6.45, 7) is 2.24. The minimum Gasteiger partial charge on any atom is -0.346 e. The second kappa shape index (κ2) is 5.01. The summed E-state index contributed by atoms with van der Waals surface area (Å²) in [5.74, 6) is -0.998. The van der Waals surface area contributed by atoms with Crippen LogP contribution in [0.4, 0.5) is 4.39 Å². The molecule has 0 bridgehead atoms. The van der Waals surface area contributed by atoms with E-state index in [4.69, 9.17) is 0 Å². The summed E-state index contributed by atoms with van der Waals surface area (Å²) in [4.78, 5) is 19.2. The molecule has 2 heterocycles. The highest BCUT2D eigenvalue weighted by atomic mass is 32.1. The number of aromatic nitrogens is 2. The molecule has 6 heteroatoms. The lowest BCUT2D eigenvalue weighted by Crippen LogP contribution is -2.22. The molecule has 0 fully saturated rings. The number of nitrogens with zero attached hydrogens (tertiary/aromatic N) is 2. The number of rotatable bonds is 3. The molecule has 2 aromatic rings. The fraction of sp³-hybridized carbons (Fsp3) is 0.182. The van der Waals surface area contributed by atoms with E-state index in [1.165, 1.54) is 23.6 Å². The Balaban J connectivity index is 1.98. The first-order valence-electron chi connectivity index (χ1n) is 4.96. The molecule has 0 saturated carbocycles. The molecule has 0 saturated heterocycles. The van der Waals surface area contributed by atoms with Gasteiger partial charge in [0.1, 0.15) is 5.01 Å². The number of carbonyl (C=O) groups is 1. The molecular weight excluding hydrogens is 241 g/mol. The summed E-state index contributed by atoms with van der Waals surface area (Å²) in [7, 11) is 0. The van der Waals surface area contributed by atoms with Crippen molar-refractivity contribution in [1.82, 2.24) is 15.3 Å². The molecule has 1 N–H and O–H groups in total. The van der Waals surface area contributed by atoms with E-state index in [2.05, 4.69) is 15.3 Å². The number of hydrogen-bond acceptors (Lipinski definition) is 4. The van der Waals surface area contributed by atoms with E-state index in [1.807, 2.05) is 12.3 Å². The summed E-state index contributed by atoms with van der Waals surface area (Å²) < 4.78 is 12.8. The zero-order valence-electron chi connectivity index (χ0n) is 9.11. The maximum atomic E-state index is 12.8. The molecule has 0 aliphatic rings. The predicted octanol–water partition coefficient (Wildman–Crippen LogP) is 1.92. The SMILES string of the molecule is Cc1csc(CNC(=O)c2ccnc(F)c2)n1. The lowest BCUT2D eigenvalue weighted by molar-refractivity contribution is 0.0950. The van der Waals surface area contributed by atoms with Gasteiger partial charge in [0.25, 0.3) is 5.91 Å². The smallest absolute Gasteiger partial charge is 0.251 e. The van der Waals surface area contributed by atoms with E-state index in [0.29, 0.717) is 6.54 Å². The minimum atomic E-state index is -0.664. The number of pyridine rings is 1. The molecule has 17 heavy (non-hydrogen) atoms. The quantitative estimate of drug-likeness (QED) is 0.848. The van der Waals surface area contributed by atoms with Crippen molar-refractivity contribution in [1.29, 1.82) is 0 Å². The molecule has 1 amide bonds. The van der Waals surface area contributed by atoms with Crippen molar-refractivity contribution in [3.63, 3.8) is 0 Å². The summed E-state index contributed by atoms with van der Waals surface area (Å²) in [5, 5.41) is 5.41. The van der Waals surface area contributed by atoms with Crippen LogP contribution in [0.25, 0.3) is 0 Å². The molecule has 0 aliphatic carbocycles. The van der Waals surface area contributed by atoms with Gasteiger partial charge in [-0.05, 0) is 13.0 Å².